The first-order valence-corrected chi connectivity index (χ1v) is 4.34. The van der Waals surface area contributed by atoms with Crippen molar-refractivity contribution < 1.29 is 9.13 Å². The van der Waals surface area contributed by atoms with Crippen LogP contribution in [0.3, 0.4) is 0 Å². The first-order chi connectivity index (χ1) is 5.37. The molecule has 0 bridgehead atoms. The molecule has 0 saturated heterocycles. The zero-order valence-corrected chi connectivity index (χ0v) is 8.48. The van der Waals surface area contributed by atoms with Crippen molar-refractivity contribution in [2.24, 2.45) is 11.1 Å². The fourth-order valence-electron chi connectivity index (χ4n) is 0.845. The van der Waals surface area contributed by atoms with Gasteiger partial charge in [0.2, 0.25) is 0 Å². The Kier molecular flexibility index (Phi) is 4.14. The van der Waals surface area contributed by atoms with Crippen molar-refractivity contribution in [1.82, 2.24) is 0 Å². The van der Waals surface area contributed by atoms with Gasteiger partial charge in [-0.3, -0.25) is 0 Å². The van der Waals surface area contributed by atoms with Gasteiger partial charge in [0.1, 0.15) is 0 Å². The van der Waals surface area contributed by atoms with E-state index in [0.29, 0.717) is 6.61 Å². The second kappa shape index (κ2) is 4.19. The van der Waals surface area contributed by atoms with Gasteiger partial charge >= 0.3 is 0 Å². The predicted octanol–water partition coefficient (Wildman–Crippen LogP) is 1.74. The zero-order chi connectivity index (χ0) is 9.83. The maximum atomic E-state index is 14.0. The van der Waals surface area contributed by atoms with E-state index in [4.69, 9.17) is 10.5 Å². The van der Waals surface area contributed by atoms with Gasteiger partial charge in [-0.25, -0.2) is 4.39 Å². The van der Waals surface area contributed by atoms with Crippen molar-refractivity contribution in [1.29, 1.82) is 0 Å². The molecule has 3 heteroatoms. The molecule has 0 aromatic heterocycles. The number of hydrogen-bond donors (Lipinski definition) is 1. The Morgan fingerprint density at radius 2 is 1.83 bits per heavy atom. The molecular formula is C9H20FNO. The third-order valence-corrected chi connectivity index (χ3v) is 2.20. The highest BCUT2D eigenvalue weighted by Gasteiger charge is 2.41. The summed E-state index contributed by atoms with van der Waals surface area (Å²) in [5, 5.41) is 0. The topological polar surface area (TPSA) is 35.2 Å². The molecule has 0 aliphatic carbocycles. The summed E-state index contributed by atoms with van der Waals surface area (Å²) in [6, 6.07) is 0. The fourth-order valence-corrected chi connectivity index (χ4v) is 0.845. The Hall–Kier alpha value is -0.150. The van der Waals surface area contributed by atoms with Gasteiger partial charge in [-0.1, -0.05) is 20.8 Å². The minimum Gasteiger partial charge on any atom is -0.378 e. The van der Waals surface area contributed by atoms with Crippen LogP contribution in [0, 0.1) is 5.41 Å². The van der Waals surface area contributed by atoms with Crippen LogP contribution in [0.1, 0.15) is 27.7 Å². The minimum atomic E-state index is -1.41. The molecule has 74 valence electrons. The number of halogens is 1. The Morgan fingerprint density at radius 1 is 1.33 bits per heavy atom. The van der Waals surface area contributed by atoms with E-state index in [-0.39, 0.29) is 13.2 Å². The van der Waals surface area contributed by atoms with Crippen molar-refractivity contribution in [3.05, 3.63) is 0 Å². The average Bonchev–Trinajstić information content (AvgIpc) is 1.98. The normalized spacial score (nSPS) is 17.5. The largest absolute Gasteiger partial charge is 0.378 e. The standard InChI is InChI=1S/C9H20FNO/c1-5-12-7-9(10,6-11)8(2,3)4/h5-7,11H2,1-4H3. The van der Waals surface area contributed by atoms with Crippen molar-refractivity contribution in [3.8, 4) is 0 Å². The summed E-state index contributed by atoms with van der Waals surface area (Å²) in [6.07, 6.45) is 0. The van der Waals surface area contributed by atoms with E-state index in [1.807, 2.05) is 27.7 Å². The average molecular weight is 177 g/mol. The molecule has 0 heterocycles. The van der Waals surface area contributed by atoms with Crippen molar-refractivity contribution in [2.45, 2.75) is 33.4 Å². The molecule has 0 rings (SSSR count). The van der Waals surface area contributed by atoms with Gasteiger partial charge in [0.15, 0.2) is 5.67 Å². The summed E-state index contributed by atoms with van der Waals surface area (Å²) >= 11 is 0. The van der Waals surface area contributed by atoms with Crippen LogP contribution in [0.4, 0.5) is 4.39 Å². The lowest BCUT2D eigenvalue weighted by atomic mass is 9.78. The first-order valence-electron chi connectivity index (χ1n) is 4.34. The third-order valence-electron chi connectivity index (χ3n) is 2.20. The summed E-state index contributed by atoms with van der Waals surface area (Å²) in [4.78, 5) is 0. The van der Waals surface area contributed by atoms with Crippen LogP contribution in [0.25, 0.3) is 0 Å². The maximum absolute atomic E-state index is 14.0. The molecule has 0 fully saturated rings. The second-order valence-corrected chi connectivity index (χ2v) is 4.06. The minimum absolute atomic E-state index is 0.0104. The van der Waals surface area contributed by atoms with Gasteiger partial charge in [-0.15, -0.1) is 0 Å². The Morgan fingerprint density at radius 3 is 2.08 bits per heavy atom. The number of hydrogen-bond acceptors (Lipinski definition) is 2. The maximum Gasteiger partial charge on any atom is 0.151 e. The molecule has 2 nitrogen and oxygen atoms in total. The lowest BCUT2D eigenvalue weighted by molar-refractivity contribution is -0.0436. The summed E-state index contributed by atoms with van der Waals surface area (Å²) in [7, 11) is 0. The Balaban J connectivity index is 4.24. The molecule has 0 radical (unpaired) electrons. The van der Waals surface area contributed by atoms with Crippen molar-refractivity contribution >= 4 is 0 Å². The van der Waals surface area contributed by atoms with Gasteiger partial charge in [0, 0.05) is 13.2 Å². The van der Waals surface area contributed by atoms with Gasteiger partial charge < -0.3 is 10.5 Å². The zero-order valence-electron chi connectivity index (χ0n) is 8.48. The van der Waals surface area contributed by atoms with Crippen molar-refractivity contribution in [2.75, 3.05) is 19.8 Å². The molecule has 0 aliphatic heterocycles. The molecular weight excluding hydrogens is 157 g/mol. The summed E-state index contributed by atoms with van der Waals surface area (Å²) in [6.45, 7) is 7.97. The fraction of sp³-hybridized carbons (Fsp3) is 1.00. The number of alkyl halides is 1. The lowest BCUT2D eigenvalue weighted by Crippen LogP contribution is -2.49. The van der Waals surface area contributed by atoms with Crippen LogP contribution in [0.5, 0.6) is 0 Å². The number of nitrogens with two attached hydrogens (primary N) is 1. The van der Waals surface area contributed by atoms with Crippen LogP contribution >= 0.6 is 0 Å². The highest BCUT2D eigenvalue weighted by molar-refractivity contribution is 4.91. The molecule has 0 aromatic rings. The second-order valence-electron chi connectivity index (χ2n) is 4.06. The van der Waals surface area contributed by atoms with Gasteiger partial charge in [0.25, 0.3) is 0 Å². The SMILES string of the molecule is CCOCC(F)(CN)C(C)(C)C. The molecule has 2 N–H and O–H groups in total. The van der Waals surface area contributed by atoms with Gasteiger partial charge in [0.05, 0.1) is 6.61 Å². The number of rotatable bonds is 4. The predicted molar refractivity (Wildman–Crippen MR) is 48.8 cm³/mol. The summed E-state index contributed by atoms with van der Waals surface area (Å²) in [5.74, 6) is 0. The van der Waals surface area contributed by atoms with Crippen LogP contribution in [0.2, 0.25) is 0 Å². The van der Waals surface area contributed by atoms with E-state index in [1.165, 1.54) is 0 Å². The third kappa shape index (κ3) is 2.72. The molecule has 12 heavy (non-hydrogen) atoms. The molecule has 0 aliphatic rings. The van der Waals surface area contributed by atoms with E-state index < -0.39 is 11.1 Å². The van der Waals surface area contributed by atoms with Crippen LogP contribution in [-0.2, 0) is 4.74 Å². The smallest absolute Gasteiger partial charge is 0.151 e. The van der Waals surface area contributed by atoms with E-state index >= 15 is 0 Å². The highest BCUT2D eigenvalue weighted by atomic mass is 19.1. The van der Waals surface area contributed by atoms with E-state index in [2.05, 4.69) is 0 Å². The van der Waals surface area contributed by atoms with E-state index in [9.17, 15) is 4.39 Å². The molecule has 1 atom stereocenters. The molecule has 0 amide bonds. The van der Waals surface area contributed by atoms with Gasteiger partial charge in [-0.05, 0) is 12.3 Å². The molecule has 0 saturated carbocycles. The summed E-state index contributed by atoms with van der Waals surface area (Å²) in [5.41, 5.74) is 3.50. The van der Waals surface area contributed by atoms with Gasteiger partial charge in [-0.2, -0.15) is 0 Å². The molecule has 1 unspecified atom stereocenters. The molecule has 0 spiro atoms. The quantitative estimate of drug-likeness (QED) is 0.710. The number of ether oxygens (including phenoxy) is 1. The van der Waals surface area contributed by atoms with Crippen LogP contribution in [-0.4, -0.2) is 25.4 Å². The van der Waals surface area contributed by atoms with Crippen LogP contribution in [0.15, 0.2) is 0 Å². The Labute approximate surface area is 74.3 Å². The Bertz CT molecular complexity index is 133. The van der Waals surface area contributed by atoms with Crippen molar-refractivity contribution in [3.63, 3.8) is 0 Å². The van der Waals surface area contributed by atoms with Crippen LogP contribution < -0.4 is 5.73 Å². The first kappa shape index (κ1) is 11.8. The van der Waals surface area contributed by atoms with E-state index in [1.54, 1.807) is 0 Å². The van der Waals surface area contributed by atoms with E-state index in [0.717, 1.165) is 0 Å². The highest BCUT2D eigenvalue weighted by Crippen LogP contribution is 2.33. The molecule has 0 aromatic carbocycles. The lowest BCUT2D eigenvalue weighted by Gasteiger charge is -2.36. The monoisotopic (exact) mass is 177 g/mol. The summed E-state index contributed by atoms with van der Waals surface area (Å²) < 4.78 is 19.0.